The smallest absolute Gasteiger partial charge is 0.368 e. The highest BCUT2D eigenvalue weighted by Gasteiger charge is 2.32. The summed E-state index contributed by atoms with van der Waals surface area (Å²) in [5.74, 6) is 0.118. The lowest BCUT2D eigenvalue weighted by molar-refractivity contribution is 0.228. The van der Waals surface area contributed by atoms with Gasteiger partial charge in [-0.15, -0.1) is 0 Å². The Hall–Kier alpha value is -1.17. The second-order valence-electron chi connectivity index (χ2n) is 3.08. The van der Waals surface area contributed by atoms with E-state index in [4.69, 9.17) is 18.5 Å². The van der Waals surface area contributed by atoms with Gasteiger partial charge in [0, 0.05) is 0 Å². The van der Waals surface area contributed by atoms with Gasteiger partial charge in [-0.2, -0.15) is 4.98 Å². The van der Waals surface area contributed by atoms with Crippen molar-refractivity contribution in [3.8, 4) is 11.9 Å². The maximum atomic E-state index is 12.5. The molecule has 7 nitrogen and oxygen atoms in total. The fourth-order valence-corrected chi connectivity index (χ4v) is 2.90. The van der Waals surface area contributed by atoms with Crippen molar-refractivity contribution in [1.29, 1.82) is 0 Å². The second kappa shape index (κ2) is 6.68. The van der Waals surface area contributed by atoms with E-state index in [9.17, 15) is 4.57 Å². The average Bonchev–Trinajstić information content (AvgIpc) is 2.38. The first-order valence-electron chi connectivity index (χ1n) is 5.46. The van der Waals surface area contributed by atoms with Crippen LogP contribution < -0.4 is 14.8 Å². The van der Waals surface area contributed by atoms with E-state index in [0.717, 1.165) is 0 Å². The summed E-state index contributed by atoms with van der Waals surface area (Å²) in [6.07, 6.45) is 1.33. The summed E-state index contributed by atoms with van der Waals surface area (Å²) in [5, 5.41) is 0.189. The minimum Gasteiger partial charge on any atom is -0.480 e. The van der Waals surface area contributed by atoms with E-state index in [0.29, 0.717) is 0 Å². The monoisotopic (exact) mass is 276 g/mol. The van der Waals surface area contributed by atoms with Crippen LogP contribution in [0.25, 0.3) is 0 Å². The van der Waals surface area contributed by atoms with Crippen LogP contribution >= 0.6 is 7.60 Å². The van der Waals surface area contributed by atoms with Crippen LogP contribution in [0.3, 0.4) is 0 Å². The lowest BCUT2D eigenvalue weighted by atomic mass is 10.6. The maximum absolute atomic E-state index is 12.5. The molecule has 0 aliphatic rings. The van der Waals surface area contributed by atoms with Crippen LogP contribution in [-0.2, 0) is 13.6 Å². The Balaban J connectivity index is 3.23. The summed E-state index contributed by atoms with van der Waals surface area (Å²) in [5.41, 5.74) is 0. The van der Waals surface area contributed by atoms with E-state index in [-0.39, 0.29) is 30.4 Å². The van der Waals surface area contributed by atoms with Gasteiger partial charge in [-0.1, -0.05) is 0 Å². The molecule has 18 heavy (non-hydrogen) atoms. The van der Waals surface area contributed by atoms with Crippen LogP contribution in [0.15, 0.2) is 6.20 Å². The minimum atomic E-state index is -3.46. The zero-order valence-corrected chi connectivity index (χ0v) is 11.8. The molecule has 0 N–H and O–H groups in total. The highest BCUT2D eigenvalue weighted by atomic mass is 31.2. The number of rotatable bonds is 7. The molecule has 0 atom stereocenters. The normalized spacial score (nSPS) is 11.3. The van der Waals surface area contributed by atoms with Crippen molar-refractivity contribution in [2.45, 2.75) is 13.8 Å². The third-order valence-corrected chi connectivity index (χ3v) is 4.08. The first-order valence-corrected chi connectivity index (χ1v) is 7.00. The van der Waals surface area contributed by atoms with Crippen LogP contribution in [0.1, 0.15) is 13.8 Å². The number of ether oxygens (including phenoxy) is 2. The van der Waals surface area contributed by atoms with Gasteiger partial charge in [-0.25, -0.2) is 4.98 Å². The first kappa shape index (κ1) is 14.9. The van der Waals surface area contributed by atoms with E-state index in [2.05, 4.69) is 9.97 Å². The van der Waals surface area contributed by atoms with Gasteiger partial charge in [-0.3, -0.25) is 4.57 Å². The number of methoxy groups -OCH3 is 2. The summed E-state index contributed by atoms with van der Waals surface area (Å²) in [6, 6.07) is 0.121. The molecular formula is C10H17N2O5P. The number of hydrogen-bond acceptors (Lipinski definition) is 7. The average molecular weight is 276 g/mol. The summed E-state index contributed by atoms with van der Waals surface area (Å²) in [6.45, 7) is 3.93. The molecule has 1 rings (SSSR count). The minimum absolute atomic E-state index is 0.118. The Labute approximate surface area is 106 Å². The number of aromatic nitrogens is 2. The van der Waals surface area contributed by atoms with Crippen molar-refractivity contribution < 1.29 is 23.1 Å². The Bertz CT molecular complexity index is 430. The summed E-state index contributed by atoms with van der Waals surface area (Å²) >= 11 is 0. The third-order valence-electron chi connectivity index (χ3n) is 1.98. The summed E-state index contributed by atoms with van der Waals surface area (Å²) in [7, 11) is -0.622. The fourth-order valence-electron chi connectivity index (χ4n) is 1.30. The molecule has 0 saturated carbocycles. The van der Waals surface area contributed by atoms with Crippen LogP contribution in [0.5, 0.6) is 11.9 Å². The zero-order chi connectivity index (χ0) is 13.6. The van der Waals surface area contributed by atoms with Crippen molar-refractivity contribution in [2.24, 2.45) is 0 Å². The highest BCUT2D eigenvalue weighted by Crippen LogP contribution is 2.48. The van der Waals surface area contributed by atoms with Gasteiger partial charge in [-0.05, 0) is 13.8 Å². The van der Waals surface area contributed by atoms with Crippen LogP contribution in [0.2, 0.25) is 0 Å². The van der Waals surface area contributed by atoms with Gasteiger partial charge in [0.1, 0.15) is 5.30 Å². The zero-order valence-electron chi connectivity index (χ0n) is 10.9. The van der Waals surface area contributed by atoms with E-state index >= 15 is 0 Å². The van der Waals surface area contributed by atoms with Gasteiger partial charge >= 0.3 is 13.6 Å². The van der Waals surface area contributed by atoms with Gasteiger partial charge in [0.05, 0.1) is 33.6 Å². The lowest BCUT2D eigenvalue weighted by Crippen LogP contribution is -2.16. The molecule has 1 aromatic rings. The molecule has 0 aliphatic heterocycles. The first-order chi connectivity index (χ1) is 8.61. The molecule has 1 heterocycles. The van der Waals surface area contributed by atoms with Crippen molar-refractivity contribution in [1.82, 2.24) is 9.97 Å². The third kappa shape index (κ3) is 3.19. The molecule has 0 aliphatic carbocycles. The van der Waals surface area contributed by atoms with Crippen LogP contribution in [0.4, 0.5) is 0 Å². The lowest BCUT2D eigenvalue weighted by Gasteiger charge is -2.18. The van der Waals surface area contributed by atoms with Gasteiger partial charge in [0.2, 0.25) is 5.88 Å². The predicted molar refractivity (Wildman–Crippen MR) is 65.6 cm³/mol. The molecule has 0 saturated heterocycles. The Kier molecular flexibility index (Phi) is 5.53. The SMILES string of the molecule is CCOP(=O)(OCC)c1cnc(OC)nc1OC. The van der Waals surface area contributed by atoms with Crippen molar-refractivity contribution >= 4 is 12.9 Å². The van der Waals surface area contributed by atoms with E-state index in [1.807, 2.05) is 0 Å². The second-order valence-corrected chi connectivity index (χ2v) is 5.08. The highest BCUT2D eigenvalue weighted by molar-refractivity contribution is 7.62. The molecule has 1 aromatic heterocycles. The van der Waals surface area contributed by atoms with Crippen LogP contribution in [-0.4, -0.2) is 37.4 Å². The Morgan fingerprint density at radius 2 is 1.78 bits per heavy atom. The van der Waals surface area contributed by atoms with Gasteiger partial charge in [0.25, 0.3) is 0 Å². The summed E-state index contributed by atoms with van der Waals surface area (Å²) < 4.78 is 32.9. The largest absolute Gasteiger partial charge is 0.480 e. The van der Waals surface area contributed by atoms with E-state index < -0.39 is 7.60 Å². The molecule has 0 amide bonds. The van der Waals surface area contributed by atoms with Crippen LogP contribution in [0, 0.1) is 0 Å². The molecule has 0 fully saturated rings. The van der Waals surface area contributed by atoms with Gasteiger partial charge in [0.15, 0.2) is 0 Å². The maximum Gasteiger partial charge on any atom is 0.368 e. The van der Waals surface area contributed by atoms with Crippen molar-refractivity contribution in [2.75, 3.05) is 27.4 Å². The Morgan fingerprint density at radius 3 is 2.22 bits per heavy atom. The summed E-state index contributed by atoms with van der Waals surface area (Å²) in [4.78, 5) is 7.84. The predicted octanol–water partition coefficient (Wildman–Crippen LogP) is 1.39. The number of hydrogen-bond donors (Lipinski definition) is 0. The number of nitrogens with zero attached hydrogens (tertiary/aromatic N) is 2. The van der Waals surface area contributed by atoms with Crippen molar-refractivity contribution in [3.05, 3.63) is 6.20 Å². The Morgan fingerprint density at radius 1 is 1.17 bits per heavy atom. The molecular weight excluding hydrogens is 259 g/mol. The quantitative estimate of drug-likeness (QED) is 0.696. The van der Waals surface area contributed by atoms with Crippen molar-refractivity contribution in [3.63, 3.8) is 0 Å². The molecule has 0 bridgehead atoms. The topological polar surface area (TPSA) is 79.8 Å². The molecule has 102 valence electrons. The molecule has 0 spiro atoms. The van der Waals surface area contributed by atoms with E-state index in [1.165, 1.54) is 20.4 Å². The molecule has 8 heteroatoms. The standard InChI is InChI=1S/C10H17N2O5P/c1-5-16-18(13,17-6-2)8-7-11-10(15-4)12-9(8)14-3/h7H,5-6H2,1-4H3. The molecule has 0 aromatic carbocycles. The van der Waals surface area contributed by atoms with Gasteiger partial charge < -0.3 is 18.5 Å². The fraction of sp³-hybridized carbons (Fsp3) is 0.600. The van der Waals surface area contributed by atoms with E-state index in [1.54, 1.807) is 13.8 Å². The molecule has 0 radical (unpaired) electrons. The molecule has 0 unspecified atom stereocenters.